The summed E-state index contributed by atoms with van der Waals surface area (Å²) in [6, 6.07) is 5.67. The van der Waals surface area contributed by atoms with Crippen LogP contribution >= 0.6 is 0 Å². The Balaban J connectivity index is 1.38. The minimum atomic E-state index is -0.279. The number of benzene rings is 1. The second kappa shape index (κ2) is 6.25. The van der Waals surface area contributed by atoms with Crippen LogP contribution in [0.2, 0.25) is 0 Å². The molecule has 1 heterocycles. The monoisotopic (exact) mass is 369 g/mol. The largest absolute Gasteiger partial charge is 0.497 e. The molecule has 1 aliphatic heterocycles. The summed E-state index contributed by atoms with van der Waals surface area (Å²) in [6.45, 7) is 2.00. The van der Waals surface area contributed by atoms with Gasteiger partial charge in [0.1, 0.15) is 17.6 Å². The normalized spacial score (nSPS) is 37.6. The summed E-state index contributed by atoms with van der Waals surface area (Å²) in [7, 11) is 1.64. The van der Waals surface area contributed by atoms with Crippen molar-refractivity contribution in [3.8, 4) is 11.5 Å². The number of ether oxygens (including phenoxy) is 2. The summed E-state index contributed by atoms with van der Waals surface area (Å²) in [5.41, 5.74) is 1.38. The van der Waals surface area contributed by atoms with Crippen LogP contribution in [0.1, 0.15) is 57.4 Å². The van der Waals surface area contributed by atoms with Crippen LogP contribution in [0.3, 0.4) is 0 Å². The lowest BCUT2D eigenvalue weighted by Crippen LogP contribution is -2.50. The number of carbonyl (C=O) groups is 1. The molecule has 1 unspecified atom stereocenters. The van der Waals surface area contributed by atoms with Crippen molar-refractivity contribution in [2.45, 2.75) is 58.0 Å². The van der Waals surface area contributed by atoms with Gasteiger partial charge in [-0.15, -0.1) is 0 Å². The van der Waals surface area contributed by atoms with Gasteiger partial charge in [-0.1, -0.05) is 5.16 Å². The Labute approximate surface area is 160 Å². The third-order valence-corrected chi connectivity index (χ3v) is 7.02. The Kier molecular flexibility index (Phi) is 3.95. The highest BCUT2D eigenvalue weighted by Crippen LogP contribution is 2.60. The second-order valence-electron chi connectivity index (χ2n) is 9.11. The van der Waals surface area contributed by atoms with Crippen molar-refractivity contribution in [2.24, 2.45) is 28.3 Å². The number of fused-ring (bicyclic) bond motifs is 1. The van der Waals surface area contributed by atoms with Gasteiger partial charge in [0.05, 0.1) is 18.2 Å². The van der Waals surface area contributed by atoms with E-state index in [4.69, 9.17) is 14.3 Å². The number of hydrogen-bond acceptors (Lipinski definition) is 5. The second-order valence-corrected chi connectivity index (χ2v) is 9.11. The van der Waals surface area contributed by atoms with Crippen molar-refractivity contribution >= 4 is 11.7 Å². The summed E-state index contributed by atoms with van der Waals surface area (Å²) >= 11 is 0. The lowest BCUT2D eigenvalue weighted by Gasteiger charge is -2.54. The molecule has 27 heavy (non-hydrogen) atoms. The van der Waals surface area contributed by atoms with Gasteiger partial charge in [-0.05, 0) is 75.3 Å². The maximum absolute atomic E-state index is 13.1. The molecule has 5 nitrogen and oxygen atoms in total. The van der Waals surface area contributed by atoms with E-state index in [0.29, 0.717) is 24.2 Å². The van der Waals surface area contributed by atoms with Gasteiger partial charge in [-0.3, -0.25) is 0 Å². The van der Waals surface area contributed by atoms with Gasteiger partial charge in [-0.2, -0.15) is 0 Å². The SMILES string of the molecule is COc1ccc2c(c1)OC(C)C/C2=N/OC(=O)C12CC3CC(CC(C3)C1)C2. The average Bonchev–Trinajstić information content (AvgIpc) is 2.64. The third-order valence-electron chi connectivity index (χ3n) is 7.02. The van der Waals surface area contributed by atoms with E-state index in [2.05, 4.69) is 5.16 Å². The lowest BCUT2D eigenvalue weighted by atomic mass is 9.49. The first-order chi connectivity index (χ1) is 13.0. The predicted octanol–water partition coefficient (Wildman–Crippen LogP) is 4.33. The van der Waals surface area contributed by atoms with Gasteiger partial charge in [0.25, 0.3) is 0 Å². The van der Waals surface area contributed by atoms with E-state index in [1.165, 1.54) is 19.3 Å². The van der Waals surface area contributed by atoms with Crippen molar-refractivity contribution in [3.63, 3.8) is 0 Å². The van der Waals surface area contributed by atoms with Crippen LogP contribution < -0.4 is 9.47 Å². The molecular weight excluding hydrogens is 342 g/mol. The Morgan fingerprint density at radius 1 is 1.15 bits per heavy atom. The molecule has 4 fully saturated rings. The molecule has 0 aromatic heterocycles. The molecule has 144 valence electrons. The Morgan fingerprint density at radius 3 is 2.44 bits per heavy atom. The fourth-order valence-corrected chi connectivity index (χ4v) is 6.25. The van der Waals surface area contributed by atoms with E-state index < -0.39 is 0 Å². The fourth-order valence-electron chi connectivity index (χ4n) is 6.25. The summed E-state index contributed by atoms with van der Waals surface area (Å²) < 4.78 is 11.2. The number of methoxy groups -OCH3 is 1. The number of nitrogens with zero attached hydrogens (tertiary/aromatic N) is 1. The van der Waals surface area contributed by atoms with E-state index in [0.717, 1.165) is 42.0 Å². The van der Waals surface area contributed by atoms with E-state index in [-0.39, 0.29) is 17.5 Å². The molecule has 0 N–H and O–H groups in total. The molecule has 1 aromatic carbocycles. The van der Waals surface area contributed by atoms with Crippen molar-refractivity contribution in [1.29, 1.82) is 0 Å². The van der Waals surface area contributed by atoms with Crippen molar-refractivity contribution in [1.82, 2.24) is 0 Å². The zero-order chi connectivity index (χ0) is 18.6. The first-order valence-corrected chi connectivity index (χ1v) is 10.2. The highest BCUT2D eigenvalue weighted by atomic mass is 16.7. The highest BCUT2D eigenvalue weighted by molar-refractivity contribution is 6.04. The summed E-state index contributed by atoms with van der Waals surface area (Å²) in [5.74, 6) is 3.52. The van der Waals surface area contributed by atoms with Gasteiger partial charge in [-0.25, -0.2) is 4.79 Å². The summed E-state index contributed by atoms with van der Waals surface area (Å²) in [6.07, 6.45) is 7.54. The summed E-state index contributed by atoms with van der Waals surface area (Å²) in [4.78, 5) is 18.6. The zero-order valence-corrected chi connectivity index (χ0v) is 16.1. The number of rotatable bonds is 3. The van der Waals surface area contributed by atoms with Crippen LogP contribution in [0.5, 0.6) is 11.5 Å². The predicted molar refractivity (Wildman–Crippen MR) is 101 cm³/mol. The molecule has 0 saturated heterocycles. The molecule has 0 amide bonds. The van der Waals surface area contributed by atoms with Gasteiger partial charge in [0.15, 0.2) is 0 Å². The maximum Gasteiger partial charge on any atom is 0.341 e. The van der Waals surface area contributed by atoms with Crippen LogP contribution in [-0.4, -0.2) is 24.9 Å². The number of carbonyl (C=O) groups excluding carboxylic acids is 1. The smallest absolute Gasteiger partial charge is 0.341 e. The quantitative estimate of drug-likeness (QED) is 0.588. The van der Waals surface area contributed by atoms with Crippen LogP contribution in [0.25, 0.3) is 0 Å². The Hall–Kier alpha value is -2.04. The minimum Gasteiger partial charge on any atom is -0.497 e. The Bertz CT molecular complexity index is 764. The molecule has 4 bridgehead atoms. The molecule has 1 aromatic rings. The Morgan fingerprint density at radius 2 is 1.81 bits per heavy atom. The fraction of sp³-hybridized carbons (Fsp3) is 0.636. The minimum absolute atomic E-state index is 0.0124. The van der Waals surface area contributed by atoms with Gasteiger partial charge >= 0.3 is 5.97 Å². The molecule has 4 saturated carbocycles. The third kappa shape index (κ3) is 2.91. The van der Waals surface area contributed by atoms with Crippen LogP contribution in [-0.2, 0) is 9.63 Å². The van der Waals surface area contributed by atoms with Crippen LogP contribution in [0, 0.1) is 23.2 Å². The standard InChI is InChI=1S/C22H27NO4/c1-13-5-19(18-4-3-17(25-2)9-20(18)26-13)23-27-21(24)22-10-14-6-15(11-22)8-16(7-14)12-22/h3-4,9,13-16H,5-8,10-12H2,1-2H3/b23-19-. The first kappa shape index (κ1) is 17.1. The zero-order valence-electron chi connectivity index (χ0n) is 16.1. The molecule has 0 radical (unpaired) electrons. The summed E-state index contributed by atoms with van der Waals surface area (Å²) in [5, 5.41) is 4.33. The van der Waals surface area contributed by atoms with Gasteiger partial charge < -0.3 is 14.3 Å². The van der Waals surface area contributed by atoms with Crippen LogP contribution in [0.15, 0.2) is 23.4 Å². The van der Waals surface area contributed by atoms with E-state index in [9.17, 15) is 4.79 Å². The molecule has 1 atom stereocenters. The molecule has 0 spiro atoms. The van der Waals surface area contributed by atoms with Gasteiger partial charge in [0, 0.05) is 18.1 Å². The van der Waals surface area contributed by atoms with Crippen LogP contribution in [0.4, 0.5) is 0 Å². The molecular formula is C22H27NO4. The highest BCUT2D eigenvalue weighted by Gasteiger charge is 2.55. The maximum atomic E-state index is 13.1. The molecule has 4 aliphatic carbocycles. The topological polar surface area (TPSA) is 57.1 Å². The molecule has 5 heteroatoms. The lowest BCUT2D eigenvalue weighted by molar-refractivity contribution is -0.171. The van der Waals surface area contributed by atoms with Crippen molar-refractivity contribution < 1.29 is 19.1 Å². The molecule has 5 aliphatic rings. The van der Waals surface area contributed by atoms with E-state index >= 15 is 0 Å². The van der Waals surface area contributed by atoms with Gasteiger partial charge in [0.2, 0.25) is 0 Å². The first-order valence-electron chi connectivity index (χ1n) is 10.2. The number of oxime groups is 1. The van der Waals surface area contributed by atoms with Crippen molar-refractivity contribution in [2.75, 3.05) is 7.11 Å². The molecule has 6 rings (SSSR count). The van der Waals surface area contributed by atoms with E-state index in [1.807, 2.05) is 25.1 Å². The van der Waals surface area contributed by atoms with Crippen molar-refractivity contribution in [3.05, 3.63) is 23.8 Å². The van der Waals surface area contributed by atoms with E-state index in [1.54, 1.807) is 7.11 Å². The number of hydrogen-bond donors (Lipinski definition) is 0. The average molecular weight is 369 g/mol.